The monoisotopic (exact) mass is 409 g/mol. The quantitative estimate of drug-likeness (QED) is 0.696. The number of hydrogen-bond donors (Lipinski definition) is 1. The zero-order valence-electron chi connectivity index (χ0n) is 16.2. The van der Waals surface area contributed by atoms with Crippen LogP contribution in [0.3, 0.4) is 0 Å². The van der Waals surface area contributed by atoms with Gasteiger partial charge >= 0.3 is 0 Å². The molecule has 154 valence electrons. The molecule has 30 heavy (non-hydrogen) atoms. The molecule has 0 spiro atoms. The Morgan fingerprint density at radius 1 is 1.07 bits per heavy atom. The van der Waals surface area contributed by atoms with Crippen LogP contribution in [0, 0.1) is 0 Å². The van der Waals surface area contributed by atoms with Crippen molar-refractivity contribution in [1.82, 2.24) is 9.47 Å². The second-order valence-electron chi connectivity index (χ2n) is 6.89. The van der Waals surface area contributed by atoms with E-state index in [4.69, 9.17) is 9.15 Å². The minimum Gasteiger partial charge on any atom is -0.451 e. The van der Waals surface area contributed by atoms with Gasteiger partial charge in [-0.3, -0.25) is 19.2 Å². The van der Waals surface area contributed by atoms with Gasteiger partial charge in [-0.05, 0) is 18.2 Å². The van der Waals surface area contributed by atoms with E-state index in [1.807, 2.05) is 0 Å². The number of fused-ring (bicyclic) bond motifs is 1. The van der Waals surface area contributed by atoms with Crippen LogP contribution in [0.2, 0.25) is 0 Å². The summed E-state index contributed by atoms with van der Waals surface area (Å²) in [6.07, 6.45) is 1.42. The lowest BCUT2D eigenvalue weighted by atomic mass is 10.2. The maximum absolute atomic E-state index is 12.7. The van der Waals surface area contributed by atoms with E-state index in [1.165, 1.54) is 23.9 Å². The van der Waals surface area contributed by atoms with Crippen LogP contribution < -0.4 is 16.3 Å². The van der Waals surface area contributed by atoms with Gasteiger partial charge in [-0.25, -0.2) is 0 Å². The molecule has 1 aliphatic rings. The molecule has 1 aliphatic heterocycles. The molecule has 0 atom stereocenters. The molecule has 2 aromatic heterocycles. The lowest BCUT2D eigenvalue weighted by Crippen LogP contribution is -2.41. The summed E-state index contributed by atoms with van der Waals surface area (Å²) >= 11 is 0. The molecule has 1 fully saturated rings. The van der Waals surface area contributed by atoms with Crippen molar-refractivity contribution < 1.29 is 18.7 Å². The van der Waals surface area contributed by atoms with Crippen molar-refractivity contribution in [2.75, 3.05) is 31.6 Å². The summed E-state index contributed by atoms with van der Waals surface area (Å²) in [6.45, 7) is 1.79. The number of benzene rings is 1. The number of aryl methyl sites for hydroxylation is 1. The Bertz CT molecular complexity index is 1250. The Hall–Kier alpha value is -3.72. The molecule has 3 heterocycles. The van der Waals surface area contributed by atoms with E-state index in [2.05, 4.69) is 5.32 Å². The van der Waals surface area contributed by atoms with E-state index < -0.39 is 11.5 Å². The zero-order valence-corrected chi connectivity index (χ0v) is 16.2. The number of amides is 2. The van der Waals surface area contributed by atoms with Crippen LogP contribution in [-0.2, 0) is 11.8 Å². The Labute approximate surface area is 170 Å². The number of aromatic nitrogens is 1. The number of pyridine rings is 1. The third-order valence-corrected chi connectivity index (χ3v) is 4.84. The number of anilines is 1. The van der Waals surface area contributed by atoms with Crippen molar-refractivity contribution in [3.05, 3.63) is 74.5 Å². The Balaban J connectivity index is 1.65. The molecule has 0 radical (unpaired) electrons. The molecule has 2 amide bonds. The van der Waals surface area contributed by atoms with Gasteiger partial charge in [-0.2, -0.15) is 0 Å². The standard InChI is InChI=1S/C21H19N3O6/c1-23-12-13(20(27)24-6-8-29-9-7-24)10-15(21(23)28)22-19(26)18-11-16(25)14-4-2-3-5-17(14)30-18/h2-5,10-12H,6-9H2,1H3,(H,22,26). The van der Waals surface area contributed by atoms with Crippen molar-refractivity contribution >= 4 is 28.5 Å². The predicted molar refractivity (Wildman–Crippen MR) is 109 cm³/mol. The fraction of sp³-hybridized carbons (Fsp3) is 0.238. The van der Waals surface area contributed by atoms with Crippen molar-refractivity contribution in [2.24, 2.45) is 7.05 Å². The average molecular weight is 409 g/mol. The normalized spacial score (nSPS) is 14.0. The summed E-state index contributed by atoms with van der Waals surface area (Å²) in [4.78, 5) is 51.7. The minimum absolute atomic E-state index is 0.0857. The molecule has 0 aliphatic carbocycles. The average Bonchev–Trinajstić information content (AvgIpc) is 2.76. The van der Waals surface area contributed by atoms with Crippen LogP contribution in [0.1, 0.15) is 20.9 Å². The SMILES string of the molecule is Cn1cc(C(=O)N2CCOCC2)cc(NC(=O)c2cc(=O)c3ccccc3o2)c1=O. The van der Waals surface area contributed by atoms with Crippen molar-refractivity contribution in [2.45, 2.75) is 0 Å². The number of carbonyl (C=O) groups excluding carboxylic acids is 2. The van der Waals surface area contributed by atoms with Crippen molar-refractivity contribution in [1.29, 1.82) is 0 Å². The summed E-state index contributed by atoms with van der Waals surface area (Å²) in [5.41, 5.74) is -0.429. The number of nitrogens with zero attached hydrogens (tertiary/aromatic N) is 2. The smallest absolute Gasteiger partial charge is 0.291 e. The van der Waals surface area contributed by atoms with Gasteiger partial charge in [0.2, 0.25) is 0 Å². The number of ether oxygens (including phenoxy) is 1. The Kier molecular flexibility index (Phi) is 5.20. The van der Waals surface area contributed by atoms with Gasteiger partial charge in [0.15, 0.2) is 11.2 Å². The molecule has 0 unspecified atom stereocenters. The van der Waals surface area contributed by atoms with Gasteiger partial charge in [0.1, 0.15) is 11.3 Å². The van der Waals surface area contributed by atoms with Crippen LogP contribution in [0.4, 0.5) is 5.69 Å². The molecule has 0 saturated carbocycles. The van der Waals surface area contributed by atoms with Crippen molar-refractivity contribution in [3.8, 4) is 0 Å². The third kappa shape index (κ3) is 3.74. The van der Waals surface area contributed by atoms with Crippen molar-refractivity contribution in [3.63, 3.8) is 0 Å². The summed E-state index contributed by atoms with van der Waals surface area (Å²) in [5, 5.41) is 2.81. The molecular weight excluding hydrogens is 390 g/mol. The van der Waals surface area contributed by atoms with E-state index in [9.17, 15) is 19.2 Å². The number of rotatable bonds is 3. The number of carbonyl (C=O) groups is 2. The highest BCUT2D eigenvalue weighted by atomic mass is 16.5. The van der Waals surface area contributed by atoms with Gasteiger partial charge in [-0.1, -0.05) is 12.1 Å². The third-order valence-electron chi connectivity index (χ3n) is 4.84. The molecule has 9 heteroatoms. The predicted octanol–water partition coefficient (Wildman–Crippen LogP) is 1.22. The van der Waals surface area contributed by atoms with E-state index in [0.29, 0.717) is 31.7 Å². The summed E-state index contributed by atoms with van der Waals surface area (Å²) in [6, 6.07) is 8.96. The largest absolute Gasteiger partial charge is 0.451 e. The first-order valence-electron chi connectivity index (χ1n) is 9.36. The topological polar surface area (TPSA) is 111 Å². The lowest BCUT2D eigenvalue weighted by molar-refractivity contribution is 0.0302. The highest BCUT2D eigenvalue weighted by Gasteiger charge is 2.21. The molecular formula is C21H19N3O6. The minimum atomic E-state index is -0.758. The lowest BCUT2D eigenvalue weighted by Gasteiger charge is -2.27. The second-order valence-corrected chi connectivity index (χ2v) is 6.89. The number of para-hydroxylation sites is 1. The van der Waals surface area contributed by atoms with Gasteiger partial charge in [0.05, 0.1) is 24.2 Å². The van der Waals surface area contributed by atoms with Gasteiger partial charge < -0.3 is 23.9 Å². The van der Waals surface area contributed by atoms with Crippen LogP contribution in [0.5, 0.6) is 0 Å². The molecule has 4 rings (SSSR count). The Morgan fingerprint density at radius 3 is 2.57 bits per heavy atom. The van der Waals surface area contributed by atoms with E-state index in [1.54, 1.807) is 29.2 Å². The first-order chi connectivity index (χ1) is 14.4. The maximum atomic E-state index is 12.7. The van der Waals surface area contributed by atoms with E-state index in [-0.39, 0.29) is 33.9 Å². The molecule has 1 aromatic carbocycles. The summed E-state index contributed by atoms with van der Waals surface area (Å²) in [7, 11) is 1.49. The van der Waals surface area contributed by atoms with Gasteiger partial charge in [0.25, 0.3) is 17.4 Å². The molecule has 1 N–H and O–H groups in total. The van der Waals surface area contributed by atoms with Crippen LogP contribution in [0.15, 0.2) is 56.6 Å². The van der Waals surface area contributed by atoms with Crippen LogP contribution >= 0.6 is 0 Å². The number of nitrogens with one attached hydrogen (secondary N) is 1. The molecule has 0 bridgehead atoms. The van der Waals surface area contributed by atoms with Gasteiger partial charge in [-0.15, -0.1) is 0 Å². The highest BCUT2D eigenvalue weighted by molar-refractivity contribution is 6.03. The molecule has 9 nitrogen and oxygen atoms in total. The van der Waals surface area contributed by atoms with Gasteiger partial charge in [0, 0.05) is 32.4 Å². The Morgan fingerprint density at radius 2 is 1.80 bits per heavy atom. The molecule has 1 saturated heterocycles. The fourth-order valence-corrected chi connectivity index (χ4v) is 3.27. The van der Waals surface area contributed by atoms with E-state index in [0.717, 1.165) is 6.07 Å². The number of hydrogen-bond acceptors (Lipinski definition) is 6. The molecule has 3 aromatic rings. The fourth-order valence-electron chi connectivity index (χ4n) is 3.27. The number of morpholine rings is 1. The second kappa shape index (κ2) is 7.96. The zero-order chi connectivity index (χ0) is 21.3. The summed E-state index contributed by atoms with van der Waals surface area (Å²) in [5.74, 6) is -1.25. The van der Waals surface area contributed by atoms with Crippen LogP contribution in [0.25, 0.3) is 11.0 Å². The van der Waals surface area contributed by atoms with Crippen LogP contribution in [-0.4, -0.2) is 47.6 Å². The van der Waals surface area contributed by atoms with E-state index >= 15 is 0 Å². The first kappa shape index (κ1) is 19.6. The maximum Gasteiger partial charge on any atom is 0.291 e. The first-order valence-corrected chi connectivity index (χ1v) is 9.36. The highest BCUT2D eigenvalue weighted by Crippen LogP contribution is 2.14. The summed E-state index contributed by atoms with van der Waals surface area (Å²) < 4.78 is 12.0.